The number of nitrogens with zero attached hydrogens (tertiary/aromatic N) is 2. The van der Waals surface area contributed by atoms with Gasteiger partial charge in [0.05, 0.1) is 6.42 Å². The molecule has 0 radical (unpaired) electrons. The third-order valence-electron chi connectivity index (χ3n) is 3.27. The van der Waals surface area contributed by atoms with Crippen molar-refractivity contribution >= 4 is 11.6 Å². The maximum Gasteiger partial charge on any atom is 0.226 e. The highest BCUT2D eigenvalue weighted by Gasteiger charge is 2.10. The minimum atomic E-state index is 0.143. The van der Waals surface area contributed by atoms with E-state index < -0.39 is 0 Å². The zero-order valence-corrected chi connectivity index (χ0v) is 11.1. The van der Waals surface area contributed by atoms with Crippen LogP contribution in [0.2, 0.25) is 0 Å². The summed E-state index contributed by atoms with van der Waals surface area (Å²) < 4.78 is 0. The topological polar surface area (TPSA) is 35.6 Å². The summed E-state index contributed by atoms with van der Waals surface area (Å²) in [6.07, 6.45) is 0.481. The minimum absolute atomic E-state index is 0.143. The normalized spacial score (nSPS) is 15.6. The van der Waals surface area contributed by atoms with Gasteiger partial charge in [-0.25, -0.2) is 0 Å². The van der Waals surface area contributed by atoms with Gasteiger partial charge in [0.15, 0.2) is 0 Å². The Bertz CT molecular complexity index is 394. The average molecular weight is 247 g/mol. The lowest BCUT2D eigenvalue weighted by Crippen LogP contribution is -2.43. The Hall–Kier alpha value is -1.55. The Morgan fingerprint density at radius 3 is 2.39 bits per heavy atom. The molecule has 0 bridgehead atoms. The van der Waals surface area contributed by atoms with E-state index >= 15 is 0 Å². The van der Waals surface area contributed by atoms with Gasteiger partial charge in [-0.2, -0.15) is 0 Å². The van der Waals surface area contributed by atoms with Gasteiger partial charge in [0.2, 0.25) is 5.91 Å². The summed E-state index contributed by atoms with van der Waals surface area (Å²) in [5, 5.41) is 3.34. The molecule has 0 atom stereocenters. The maximum atomic E-state index is 11.6. The molecule has 98 valence electrons. The van der Waals surface area contributed by atoms with Crippen LogP contribution in [0.15, 0.2) is 24.3 Å². The second-order valence-corrected chi connectivity index (χ2v) is 4.87. The Morgan fingerprint density at radius 1 is 1.22 bits per heavy atom. The third kappa shape index (κ3) is 3.23. The van der Waals surface area contributed by atoms with E-state index in [0.717, 1.165) is 31.7 Å². The van der Waals surface area contributed by atoms with Crippen LogP contribution in [0.25, 0.3) is 0 Å². The highest BCUT2D eigenvalue weighted by Crippen LogP contribution is 2.16. The number of nitrogens with one attached hydrogen (secondary N) is 1. The number of hydrogen-bond donors (Lipinski definition) is 1. The van der Waals surface area contributed by atoms with Gasteiger partial charge >= 0.3 is 0 Å². The highest BCUT2D eigenvalue weighted by molar-refractivity contribution is 5.78. The van der Waals surface area contributed by atoms with Crippen LogP contribution in [0.3, 0.4) is 0 Å². The second kappa shape index (κ2) is 5.87. The van der Waals surface area contributed by atoms with Crippen LogP contribution in [0.4, 0.5) is 5.69 Å². The van der Waals surface area contributed by atoms with Crippen molar-refractivity contribution in [2.24, 2.45) is 0 Å². The van der Waals surface area contributed by atoms with Crippen LogP contribution < -0.4 is 10.2 Å². The second-order valence-electron chi connectivity index (χ2n) is 4.87. The SMILES string of the molecule is CN(C)C(=O)Cc1ccc(N2CCNCC2)cc1. The molecule has 0 unspecified atom stereocenters. The number of anilines is 1. The van der Waals surface area contributed by atoms with Gasteiger partial charge in [0.25, 0.3) is 0 Å². The molecule has 0 aromatic heterocycles. The molecule has 1 fully saturated rings. The lowest BCUT2D eigenvalue weighted by molar-refractivity contribution is -0.127. The van der Waals surface area contributed by atoms with E-state index in [0.29, 0.717) is 6.42 Å². The molecular weight excluding hydrogens is 226 g/mol. The quantitative estimate of drug-likeness (QED) is 0.855. The van der Waals surface area contributed by atoms with E-state index in [1.165, 1.54) is 5.69 Å². The van der Waals surface area contributed by atoms with E-state index in [9.17, 15) is 4.79 Å². The van der Waals surface area contributed by atoms with Gasteiger partial charge in [-0.15, -0.1) is 0 Å². The summed E-state index contributed by atoms with van der Waals surface area (Å²) in [5.41, 5.74) is 2.32. The van der Waals surface area contributed by atoms with Gasteiger partial charge in [-0.1, -0.05) is 12.1 Å². The van der Waals surface area contributed by atoms with E-state index in [-0.39, 0.29) is 5.91 Å². The first-order valence-electron chi connectivity index (χ1n) is 6.41. The van der Waals surface area contributed by atoms with Crippen LogP contribution in [0, 0.1) is 0 Å². The van der Waals surface area contributed by atoms with Crippen molar-refractivity contribution in [1.82, 2.24) is 10.2 Å². The minimum Gasteiger partial charge on any atom is -0.369 e. The standard InChI is InChI=1S/C14H21N3O/c1-16(2)14(18)11-12-3-5-13(6-4-12)17-9-7-15-8-10-17/h3-6,15H,7-11H2,1-2H3. The monoisotopic (exact) mass is 247 g/mol. The fourth-order valence-electron chi connectivity index (χ4n) is 2.08. The number of hydrogen-bond acceptors (Lipinski definition) is 3. The summed E-state index contributed by atoms with van der Waals surface area (Å²) in [6, 6.07) is 8.34. The van der Waals surface area contributed by atoms with Crippen LogP contribution >= 0.6 is 0 Å². The summed E-state index contributed by atoms with van der Waals surface area (Å²) in [7, 11) is 3.58. The van der Waals surface area contributed by atoms with Crippen LogP contribution in [-0.4, -0.2) is 51.1 Å². The van der Waals surface area contributed by atoms with Crippen molar-refractivity contribution < 1.29 is 4.79 Å². The molecule has 1 heterocycles. The van der Waals surface area contributed by atoms with Crippen molar-refractivity contribution in [1.29, 1.82) is 0 Å². The summed E-state index contributed by atoms with van der Waals surface area (Å²) >= 11 is 0. The fourth-order valence-corrected chi connectivity index (χ4v) is 2.08. The molecule has 0 saturated carbocycles. The number of carbonyl (C=O) groups excluding carboxylic acids is 1. The lowest BCUT2D eigenvalue weighted by Gasteiger charge is -2.29. The number of amides is 1. The summed E-state index contributed by atoms with van der Waals surface area (Å²) in [4.78, 5) is 15.6. The molecule has 1 N–H and O–H groups in total. The number of rotatable bonds is 3. The Kier molecular flexibility index (Phi) is 4.20. The van der Waals surface area contributed by atoms with Crippen molar-refractivity contribution in [3.63, 3.8) is 0 Å². The smallest absolute Gasteiger partial charge is 0.226 e. The van der Waals surface area contributed by atoms with Crippen molar-refractivity contribution in [2.45, 2.75) is 6.42 Å². The molecule has 18 heavy (non-hydrogen) atoms. The van der Waals surface area contributed by atoms with Crippen LogP contribution in [0.1, 0.15) is 5.56 Å². The molecular formula is C14H21N3O. The predicted octanol–water partition coefficient (Wildman–Crippen LogP) is 0.727. The Balaban J connectivity index is 1.98. The van der Waals surface area contributed by atoms with Gasteiger partial charge in [0.1, 0.15) is 0 Å². The van der Waals surface area contributed by atoms with Crippen molar-refractivity contribution in [3.05, 3.63) is 29.8 Å². The van der Waals surface area contributed by atoms with E-state index in [1.54, 1.807) is 19.0 Å². The van der Waals surface area contributed by atoms with Crippen LogP contribution in [-0.2, 0) is 11.2 Å². The molecule has 1 aromatic rings. The molecule has 4 heteroatoms. The first-order valence-corrected chi connectivity index (χ1v) is 6.41. The first kappa shape index (κ1) is 12.9. The average Bonchev–Trinajstić information content (AvgIpc) is 2.40. The van der Waals surface area contributed by atoms with E-state index in [2.05, 4.69) is 34.5 Å². The molecule has 0 spiro atoms. The number of likely N-dealkylation sites (N-methyl/N-ethyl adjacent to an activating group) is 1. The molecule has 1 saturated heterocycles. The summed E-state index contributed by atoms with van der Waals surface area (Å²) in [6.45, 7) is 4.19. The largest absolute Gasteiger partial charge is 0.369 e. The van der Waals surface area contributed by atoms with Gasteiger partial charge in [-0.05, 0) is 17.7 Å². The molecule has 1 amide bonds. The molecule has 1 aromatic carbocycles. The summed E-state index contributed by atoms with van der Waals surface area (Å²) in [5.74, 6) is 0.143. The zero-order chi connectivity index (χ0) is 13.0. The number of benzene rings is 1. The molecule has 0 aliphatic carbocycles. The van der Waals surface area contributed by atoms with Crippen molar-refractivity contribution in [2.75, 3.05) is 45.2 Å². The maximum absolute atomic E-state index is 11.6. The zero-order valence-electron chi connectivity index (χ0n) is 11.1. The molecule has 4 nitrogen and oxygen atoms in total. The van der Waals surface area contributed by atoms with Gasteiger partial charge in [-0.3, -0.25) is 4.79 Å². The third-order valence-corrected chi connectivity index (χ3v) is 3.27. The first-order chi connectivity index (χ1) is 8.66. The number of piperazine rings is 1. The van der Waals surface area contributed by atoms with E-state index in [1.807, 2.05) is 0 Å². The lowest BCUT2D eigenvalue weighted by atomic mass is 10.1. The number of carbonyl (C=O) groups is 1. The van der Waals surface area contributed by atoms with Gasteiger partial charge in [0, 0.05) is 46.0 Å². The molecule has 2 rings (SSSR count). The van der Waals surface area contributed by atoms with Crippen LogP contribution in [0.5, 0.6) is 0 Å². The van der Waals surface area contributed by atoms with Crippen molar-refractivity contribution in [3.8, 4) is 0 Å². The predicted molar refractivity (Wildman–Crippen MR) is 73.9 cm³/mol. The Labute approximate surface area is 109 Å². The fraction of sp³-hybridized carbons (Fsp3) is 0.500. The Morgan fingerprint density at radius 2 is 1.83 bits per heavy atom. The molecule has 1 aliphatic rings. The highest BCUT2D eigenvalue weighted by atomic mass is 16.2. The van der Waals surface area contributed by atoms with E-state index in [4.69, 9.17) is 0 Å². The molecule has 1 aliphatic heterocycles. The van der Waals surface area contributed by atoms with Gasteiger partial charge < -0.3 is 15.1 Å².